The van der Waals surface area contributed by atoms with E-state index in [4.69, 9.17) is 10.4 Å². The molecule has 5 nitrogen and oxygen atoms in total. The van der Waals surface area contributed by atoms with Crippen LogP contribution >= 0.6 is 0 Å². The van der Waals surface area contributed by atoms with Crippen molar-refractivity contribution in [3.8, 4) is 6.07 Å². The first-order valence-electron chi connectivity index (χ1n) is 4.60. The van der Waals surface area contributed by atoms with E-state index in [9.17, 15) is 8.42 Å². The molecule has 0 fully saturated rings. The van der Waals surface area contributed by atoms with E-state index in [-0.39, 0.29) is 6.61 Å². The van der Waals surface area contributed by atoms with Gasteiger partial charge in [0.2, 0.25) is 10.0 Å². The molecule has 0 radical (unpaired) electrons. The second-order valence-corrected chi connectivity index (χ2v) is 5.27. The van der Waals surface area contributed by atoms with Gasteiger partial charge >= 0.3 is 0 Å². The zero-order valence-corrected chi connectivity index (χ0v) is 9.53. The summed E-state index contributed by atoms with van der Waals surface area (Å²) in [5.74, 6) is 0. The van der Waals surface area contributed by atoms with Crippen molar-refractivity contribution in [2.75, 3.05) is 4.72 Å². The first-order valence-corrected chi connectivity index (χ1v) is 6.15. The highest BCUT2D eigenvalue weighted by Gasteiger charge is 2.19. The van der Waals surface area contributed by atoms with E-state index in [1.165, 1.54) is 19.1 Å². The first kappa shape index (κ1) is 12.5. The largest absolute Gasteiger partial charge is 0.392 e. The maximum Gasteiger partial charge on any atom is 0.248 e. The minimum atomic E-state index is -3.66. The topological polar surface area (TPSA) is 90.2 Å². The Hall–Kier alpha value is -1.58. The number of aliphatic hydroxyl groups excluding tert-OH is 1. The molecule has 1 aromatic rings. The summed E-state index contributed by atoms with van der Waals surface area (Å²) in [5.41, 5.74) is 1.07. The van der Waals surface area contributed by atoms with Crippen LogP contribution in [0.15, 0.2) is 24.3 Å². The van der Waals surface area contributed by atoms with Crippen LogP contribution in [0, 0.1) is 11.3 Å². The minimum absolute atomic E-state index is 0.0956. The molecule has 0 aromatic heterocycles. The second kappa shape index (κ2) is 4.96. The van der Waals surface area contributed by atoms with Gasteiger partial charge in [0.1, 0.15) is 0 Å². The number of aliphatic hydroxyl groups is 1. The molecule has 6 heteroatoms. The van der Waals surface area contributed by atoms with Crippen LogP contribution in [0.3, 0.4) is 0 Å². The number of hydrogen-bond acceptors (Lipinski definition) is 4. The molecular formula is C10H12N2O3S. The molecule has 2 N–H and O–H groups in total. The van der Waals surface area contributed by atoms with Crippen LogP contribution in [0.4, 0.5) is 5.69 Å². The number of hydrogen-bond donors (Lipinski definition) is 2. The van der Waals surface area contributed by atoms with E-state index in [1.807, 2.05) is 0 Å². The summed E-state index contributed by atoms with van der Waals surface area (Å²) < 4.78 is 25.3. The molecule has 0 heterocycles. The Balaban J connectivity index is 2.85. The van der Waals surface area contributed by atoms with Crippen molar-refractivity contribution in [3.63, 3.8) is 0 Å². The highest BCUT2D eigenvalue weighted by atomic mass is 32.2. The highest BCUT2D eigenvalue weighted by Crippen LogP contribution is 2.13. The van der Waals surface area contributed by atoms with Crippen molar-refractivity contribution in [3.05, 3.63) is 29.8 Å². The fourth-order valence-corrected chi connectivity index (χ4v) is 1.78. The maximum absolute atomic E-state index is 11.5. The maximum atomic E-state index is 11.5. The van der Waals surface area contributed by atoms with E-state index in [2.05, 4.69) is 4.72 Å². The SMILES string of the molecule is CC(C#N)S(=O)(=O)Nc1ccc(CO)cc1. The van der Waals surface area contributed by atoms with Gasteiger partial charge in [-0.25, -0.2) is 8.42 Å². The summed E-state index contributed by atoms with van der Waals surface area (Å²) in [6.45, 7) is 1.21. The van der Waals surface area contributed by atoms with Gasteiger partial charge in [0.15, 0.2) is 5.25 Å². The fourth-order valence-electron chi connectivity index (χ4n) is 1.00. The average molecular weight is 240 g/mol. The van der Waals surface area contributed by atoms with Crippen molar-refractivity contribution in [2.45, 2.75) is 18.8 Å². The Morgan fingerprint density at radius 2 is 2.00 bits per heavy atom. The number of sulfonamides is 1. The molecule has 0 aliphatic heterocycles. The van der Waals surface area contributed by atoms with Crippen LogP contribution < -0.4 is 4.72 Å². The van der Waals surface area contributed by atoms with Crippen LogP contribution in [0.5, 0.6) is 0 Å². The van der Waals surface area contributed by atoms with Crippen molar-refractivity contribution < 1.29 is 13.5 Å². The standard InChI is InChI=1S/C10H12N2O3S/c1-8(6-11)16(14,15)12-10-4-2-9(7-13)3-5-10/h2-5,8,12-13H,7H2,1H3. The molecule has 1 unspecified atom stereocenters. The Kier molecular flexibility index (Phi) is 3.88. The number of nitriles is 1. The molecule has 0 spiro atoms. The van der Waals surface area contributed by atoms with Crippen LogP contribution in [0.2, 0.25) is 0 Å². The second-order valence-electron chi connectivity index (χ2n) is 3.27. The summed E-state index contributed by atoms with van der Waals surface area (Å²) >= 11 is 0. The molecule has 0 amide bonds. The zero-order chi connectivity index (χ0) is 12.2. The summed E-state index contributed by atoms with van der Waals surface area (Å²) in [5, 5.41) is 16.2. The molecule has 0 bridgehead atoms. The van der Waals surface area contributed by atoms with Crippen molar-refractivity contribution >= 4 is 15.7 Å². The van der Waals surface area contributed by atoms with Crippen molar-refractivity contribution in [1.29, 1.82) is 5.26 Å². The Morgan fingerprint density at radius 1 is 1.44 bits per heavy atom. The molecule has 1 rings (SSSR count). The van der Waals surface area contributed by atoms with E-state index < -0.39 is 15.3 Å². The van der Waals surface area contributed by atoms with Gasteiger partial charge in [-0.1, -0.05) is 12.1 Å². The number of nitrogens with one attached hydrogen (secondary N) is 1. The molecule has 1 aromatic carbocycles. The highest BCUT2D eigenvalue weighted by molar-refractivity contribution is 7.93. The smallest absolute Gasteiger partial charge is 0.248 e. The summed E-state index contributed by atoms with van der Waals surface area (Å²) in [6.07, 6.45) is 0. The fraction of sp³-hybridized carbons (Fsp3) is 0.300. The van der Waals surface area contributed by atoms with Gasteiger partial charge in [-0.3, -0.25) is 4.72 Å². The Morgan fingerprint density at radius 3 is 2.44 bits per heavy atom. The Labute approximate surface area is 94.4 Å². The predicted molar refractivity (Wildman–Crippen MR) is 60.0 cm³/mol. The third kappa shape index (κ3) is 2.95. The van der Waals surface area contributed by atoms with E-state index in [0.29, 0.717) is 11.3 Å². The van der Waals surface area contributed by atoms with E-state index >= 15 is 0 Å². The third-order valence-electron chi connectivity index (χ3n) is 2.04. The predicted octanol–water partition coefficient (Wildman–Crippen LogP) is 0.833. The first-order chi connectivity index (χ1) is 7.49. The van der Waals surface area contributed by atoms with Crippen LogP contribution in [-0.2, 0) is 16.6 Å². The van der Waals surface area contributed by atoms with Crippen LogP contribution in [0.25, 0.3) is 0 Å². The summed E-state index contributed by atoms with van der Waals surface area (Å²) in [6, 6.07) is 7.94. The van der Waals surface area contributed by atoms with Crippen LogP contribution in [-0.4, -0.2) is 18.8 Å². The van der Waals surface area contributed by atoms with E-state index in [0.717, 1.165) is 0 Å². The number of rotatable bonds is 4. The number of anilines is 1. The number of nitrogens with zero attached hydrogens (tertiary/aromatic N) is 1. The van der Waals surface area contributed by atoms with Gasteiger partial charge in [-0.2, -0.15) is 5.26 Å². The van der Waals surface area contributed by atoms with Gasteiger partial charge in [0, 0.05) is 5.69 Å². The zero-order valence-electron chi connectivity index (χ0n) is 8.71. The molecule has 1 atom stereocenters. The van der Waals surface area contributed by atoms with Gasteiger partial charge in [0.25, 0.3) is 0 Å². The molecule has 0 saturated carbocycles. The monoisotopic (exact) mass is 240 g/mol. The molecule has 86 valence electrons. The molecule has 0 aliphatic rings. The van der Waals surface area contributed by atoms with Gasteiger partial charge < -0.3 is 5.11 Å². The number of benzene rings is 1. The lowest BCUT2D eigenvalue weighted by atomic mass is 10.2. The molecule has 0 saturated heterocycles. The van der Waals surface area contributed by atoms with Crippen molar-refractivity contribution in [2.24, 2.45) is 0 Å². The average Bonchev–Trinajstić information content (AvgIpc) is 2.28. The normalized spacial score (nSPS) is 12.8. The minimum Gasteiger partial charge on any atom is -0.392 e. The lowest BCUT2D eigenvalue weighted by molar-refractivity contribution is 0.282. The summed E-state index contributed by atoms with van der Waals surface area (Å²) in [4.78, 5) is 0. The lowest BCUT2D eigenvalue weighted by Gasteiger charge is -2.09. The lowest BCUT2D eigenvalue weighted by Crippen LogP contribution is -2.23. The third-order valence-corrected chi connectivity index (χ3v) is 3.60. The molecule has 0 aliphatic carbocycles. The molecular weight excluding hydrogens is 228 g/mol. The van der Waals surface area contributed by atoms with Gasteiger partial charge in [0.05, 0.1) is 12.7 Å². The van der Waals surface area contributed by atoms with Crippen molar-refractivity contribution in [1.82, 2.24) is 0 Å². The molecule has 16 heavy (non-hydrogen) atoms. The summed E-state index contributed by atoms with van der Waals surface area (Å²) in [7, 11) is -3.66. The van der Waals surface area contributed by atoms with Gasteiger partial charge in [-0.05, 0) is 24.6 Å². The Bertz CT molecular complexity index is 488. The van der Waals surface area contributed by atoms with Crippen LogP contribution in [0.1, 0.15) is 12.5 Å². The van der Waals surface area contributed by atoms with Gasteiger partial charge in [-0.15, -0.1) is 0 Å². The quantitative estimate of drug-likeness (QED) is 0.815. The van der Waals surface area contributed by atoms with E-state index in [1.54, 1.807) is 18.2 Å².